The molecule has 0 radical (unpaired) electrons. The van der Waals surface area contributed by atoms with Crippen LogP contribution in [0.5, 0.6) is 0 Å². The largest absolute Gasteiger partial charge is 0.362 e. The number of rotatable bonds is 3. The zero-order valence-electron chi connectivity index (χ0n) is 11.0. The van der Waals surface area contributed by atoms with Crippen molar-refractivity contribution in [3.63, 3.8) is 0 Å². The average molecular weight is 311 g/mol. The number of benzene rings is 1. The lowest BCUT2D eigenvalue weighted by Gasteiger charge is -2.17. The Labute approximate surface area is 119 Å². The van der Waals surface area contributed by atoms with E-state index in [4.69, 9.17) is 0 Å². The van der Waals surface area contributed by atoms with Gasteiger partial charge in [0.05, 0.1) is 13.2 Å². The van der Waals surface area contributed by atoms with Crippen LogP contribution < -0.4 is 0 Å². The molecule has 0 N–H and O–H groups in total. The molecule has 3 nitrogen and oxygen atoms in total. The standard InChI is InChI=1S/C14H18N2O.BrH/c1-11-4-5-13(12(2)8-11)14(17)9-16-7-6-15(3)10-16;/h4-8H,9-10H2,1-3H3;1H. The summed E-state index contributed by atoms with van der Waals surface area (Å²) in [5.74, 6) is 0.183. The van der Waals surface area contributed by atoms with Crippen LogP contribution in [-0.2, 0) is 0 Å². The monoisotopic (exact) mass is 310 g/mol. The van der Waals surface area contributed by atoms with Crippen molar-refractivity contribution in [2.75, 3.05) is 20.3 Å². The molecule has 0 aliphatic carbocycles. The van der Waals surface area contributed by atoms with Crippen molar-refractivity contribution in [3.05, 3.63) is 47.3 Å². The minimum absolute atomic E-state index is 0. The van der Waals surface area contributed by atoms with Gasteiger partial charge in [-0.05, 0) is 19.4 Å². The minimum Gasteiger partial charge on any atom is -0.362 e. The smallest absolute Gasteiger partial charge is 0.182 e. The summed E-state index contributed by atoms with van der Waals surface area (Å²) in [5.41, 5.74) is 3.09. The Morgan fingerprint density at radius 1 is 1.28 bits per heavy atom. The Hall–Kier alpha value is -1.29. The van der Waals surface area contributed by atoms with Crippen molar-refractivity contribution in [2.24, 2.45) is 0 Å². The third kappa shape index (κ3) is 3.35. The molecule has 0 bridgehead atoms. The van der Waals surface area contributed by atoms with Crippen molar-refractivity contribution in [2.45, 2.75) is 13.8 Å². The van der Waals surface area contributed by atoms with E-state index in [0.717, 1.165) is 17.8 Å². The Kier molecular flexibility index (Phi) is 4.96. The fourth-order valence-electron chi connectivity index (χ4n) is 2.09. The van der Waals surface area contributed by atoms with Crippen LogP contribution in [-0.4, -0.2) is 35.8 Å². The zero-order valence-corrected chi connectivity index (χ0v) is 12.7. The first kappa shape index (κ1) is 14.8. The molecule has 0 saturated carbocycles. The van der Waals surface area contributed by atoms with Gasteiger partial charge in [-0.1, -0.05) is 23.8 Å². The number of halogens is 1. The van der Waals surface area contributed by atoms with Gasteiger partial charge in [0.25, 0.3) is 0 Å². The van der Waals surface area contributed by atoms with E-state index < -0.39 is 0 Å². The molecule has 98 valence electrons. The lowest BCUT2D eigenvalue weighted by atomic mass is 10.0. The van der Waals surface area contributed by atoms with Gasteiger partial charge in [0, 0.05) is 25.0 Å². The van der Waals surface area contributed by atoms with Crippen LogP contribution in [0.25, 0.3) is 0 Å². The molecule has 0 spiro atoms. The predicted molar refractivity (Wildman–Crippen MR) is 79.0 cm³/mol. The maximum atomic E-state index is 12.1. The van der Waals surface area contributed by atoms with E-state index in [2.05, 4.69) is 11.0 Å². The number of Topliss-reactive ketones (excluding diaryl/α,β-unsaturated/α-hetero) is 1. The van der Waals surface area contributed by atoms with E-state index in [-0.39, 0.29) is 22.8 Å². The van der Waals surface area contributed by atoms with Gasteiger partial charge in [0.1, 0.15) is 0 Å². The zero-order chi connectivity index (χ0) is 12.4. The normalized spacial score (nSPS) is 13.7. The molecule has 1 heterocycles. The van der Waals surface area contributed by atoms with Crippen LogP contribution in [0.15, 0.2) is 30.6 Å². The number of ketones is 1. The van der Waals surface area contributed by atoms with Crippen molar-refractivity contribution < 1.29 is 4.79 Å². The third-order valence-electron chi connectivity index (χ3n) is 2.97. The van der Waals surface area contributed by atoms with Gasteiger partial charge in [0.15, 0.2) is 5.78 Å². The van der Waals surface area contributed by atoms with Crippen LogP contribution in [0.3, 0.4) is 0 Å². The van der Waals surface area contributed by atoms with E-state index in [0.29, 0.717) is 6.54 Å². The first-order chi connectivity index (χ1) is 8.06. The third-order valence-corrected chi connectivity index (χ3v) is 2.97. The summed E-state index contributed by atoms with van der Waals surface area (Å²) >= 11 is 0. The fraction of sp³-hybridized carbons (Fsp3) is 0.357. The number of nitrogens with zero attached hydrogens (tertiary/aromatic N) is 2. The molecular formula is C14H19BrN2O. The van der Waals surface area contributed by atoms with Crippen molar-refractivity contribution >= 4 is 22.8 Å². The van der Waals surface area contributed by atoms with Gasteiger partial charge in [-0.2, -0.15) is 0 Å². The number of hydrogen-bond acceptors (Lipinski definition) is 3. The SMILES string of the molecule is Br.Cc1ccc(C(=O)CN2C=CN(C)C2)c(C)c1. The predicted octanol–water partition coefficient (Wildman–Crippen LogP) is 2.74. The number of carbonyl (C=O) groups excluding carboxylic acids is 1. The maximum absolute atomic E-state index is 12.1. The van der Waals surface area contributed by atoms with Gasteiger partial charge in [-0.3, -0.25) is 4.79 Å². The van der Waals surface area contributed by atoms with Crippen LogP contribution in [0.1, 0.15) is 21.5 Å². The van der Waals surface area contributed by atoms with E-state index in [9.17, 15) is 4.79 Å². The van der Waals surface area contributed by atoms with Crippen molar-refractivity contribution in [3.8, 4) is 0 Å². The van der Waals surface area contributed by atoms with Crippen LogP contribution >= 0.6 is 17.0 Å². The molecule has 0 unspecified atom stereocenters. The Balaban J connectivity index is 0.00000162. The van der Waals surface area contributed by atoms with E-state index >= 15 is 0 Å². The summed E-state index contributed by atoms with van der Waals surface area (Å²) in [7, 11) is 2.00. The molecular weight excluding hydrogens is 292 g/mol. The maximum Gasteiger partial charge on any atom is 0.182 e. The van der Waals surface area contributed by atoms with Gasteiger partial charge in [-0.15, -0.1) is 17.0 Å². The second-order valence-electron chi connectivity index (χ2n) is 4.68. The molecule has 1 aliphatic rings. The van der Waals surface area contributed by atoms with Gasteiger partial charge in [0.2, 0.25) is 0 Å². The Morgan fingerprint density at radius 3 is 2.56 bits per heavy atom. The van der Waals surface area contributed by atoms with E-state index in [1.54, 1.807) is 0 Å². The second kappa shape index (κ2) is 6.05. The highest BCUT2D eigenvalue weighted by Crippen LogP contribution is 2.13. The minimum atomic E-state index is 0. The van der Waals surface area contributed by atoms with Gasteiger partial charge < -0.3 is 9.80 Å². The van der Waals surface area contributed by atoms with Gasteiger partial charge >= 0.3 is 0 Å². The highest BCUT2D eigenvalue weighted by Gasteiger charge is 2.15. The fourth-order valence-corrected chi connectivity index (χ4v) is 2.09. The van der Waals surface area contributed by atoms with Crippen molar-refractivity contribution in [1.82, 2.24) is 9.80 Å². The Bertz CT molecular complexity index is 471. The summed E-state index contributed by atoms with van der Waals surface area (Å²) in [6.45, 7) is 5.27. The van der Waals surface area contributed by atoms with E-state index in [1.165, 1.54) is 5.56 Å². The molecule has 2 rings (SSSR count). The second-order valence-corrected chi connectivity index (χ2v) is 4.68. The quantitative estimate of drug-likeness (QED) is 0.802. The summed E-state index contributed by atoms with van der Waals surface area (Å²) in [6, 6.07) is 5.97. The molecule has 18 heavy (non-hydrogen) atoms. The molecule has 0 aromatic heterocycles. The first-order valence-corrected chi connectivity index (χ1v) is 5.79. The lowest BCUT2D eigenvalue weighted by Crippen LogP contribution is -2.28. The molecule has 4 heteroatoms. The summed E-state index contributed by atoms with van der Waals surface area (Å²) in [4.78, 5) is 16.2. The number of aryl methyl sites for hydroxylation is 2. The molecule has 0 fully saturated rings. The molecule has 1 aromatic carbocycles. The highest BCUT2D eigenvalue weighted by atomic mass is 79.9. The topological polar surface area (TPSA) is 23.6 Å². The number of hydrogen-bond donors (Lipinski definition) is 0. The highest BCUT2D eigenvalue weighted by molar-refractivity contribution is 8.93. The molecule has 0 saturated heterocycles. The van der Waals surface area contributed by atoms with E-state index in [1.807, 2.05) is 50.3 Å². The van der Waals surface area contributed by atoms with Crippen LogP contribution in [0.2, 0.25) is 0 Å². The van der Waals surface area contributed by atoms with Crippen molar-refractivity contribution in [1.29, 1.82) is 0 Å². The molecule has 0 amide bonds. The average Bonchev–Trinajstić information content (AvgIpc) is 2.63. The lowest BCUT2D eigenvalue weighted by molar-refractivity contribution is 0.0948. The Morgan fingerprint density at radius 2 is 2.00 bits per heavy atom. The number of carbonyl (C=O) groups is 1. The summed E-state index contributed by atoms with van der Waals surface area (Å²) < 4.78 is 0. The molecule has 0 atom stereocenters. The summed E-state index contributed by atoms with van der Waals surface area (Å²) in [6.07, 6.45) is 3.94. The van der Waals surface area contributed by atoms with Crippen LogP contribution in [0.4, 0.5) is 0 Å². The first-order valence-electron chi connectivity index (χ1n) is 5.79. The molecule has 1 aliphatic heterocycles. The molecule has 1 aromatic rings. The summed E-state index contributed by atoms with van der Waals surface area (Å²) in [5, 5.41) is 0. The van der Waals surface area contributed by atoms with Gasteiger partial charge in [-0.25, -0.2) is 0 Å². The van der Waals surface area contributed by atoms with Crippen LogP contribution in [0, 0.1) is 13.8 Å².